The summed E-state index contributed by atoms with van der Waals surface area (Å²) in [4.78, 5) is 13.5. The Morgan fingerprint density at radius 3 is 2.35 bits per heavy atom. The minimum Gasteiger partial charge on any atom is -0.361 e. The summed E-state index contributed by atoms with van der Waals surface area (Å²) in [5, 5.41) is 0. The predicted octanol–water partition coefficient (Wildman–Crippen LogP) is 3.64. The molecular formula is C15H19ClFNO2. The Bertz CT molecular complexity index is 481. The molecular weight excluding hydrogens is 281 g/mol. The maximum absolute atomic E-state index is 13.0. The highest BCUT2D eigenvalue weighted by Gasteiger charge is 2.20. The van der Waals surface area contributed by atoms with E-state index >= 15 is 0 Å². The molecule has 0 saturated heterocycles. The molecule has 0 aliphatic heterocycles. The normalized spacial score (nSPS) is 10.2. The number of halogens is 2. The summed E-state index contributed by atoms with van der Waals surface area (Å²) in [6, 6.07) is 6.00. The summed E-state index contributed by atoms with van der Waals surface area (Å²) in [5.41, 5.74) is 2.38. The van der Waals surface area contributed by atoms with Crippen molar-refractivity contribution in [3.8, 4) is 0 Å². The van der Waals surface area contributed by atoms with Crippen LogP contribution in [-0.4, -0.2) is 30.0 Å². The van der Waals surface area contributed by atoms with Crippen molar-refractivity contribution >= 4 is 23.2 Å². The number of carbonyl (C=O) groups excluding carboxylic acids is 1. The van der Waals surface area contributed by atoms with Crippen LogP contribution >= 0.6 is 11.6 Å². The van der Waals surface area contributed by atoms with E-state index in [0.29, 0.717) is 12.3 Å². The van der Waals surface area contributed by atoms with Crippen LogP contribution in [0.15, 0.2) is 29.8 Å². The molecule has 1 rings (SSSR count). The predicted molar refractivity (Wildman–Crippen MR) is 78.7 cm³/mol. The van der Waals surface area contributed by atoms with E-state index in [9.17, 15) is 9.18 Å². The number of hydrogen-bond acceptors (Lipinski definition) is 2. The highest BCUT2D eigenvalue weighted by molar-refractivity contribution is 6.27. The molecule has 0 spiro atoms. The number of amides is 1. The Labute approximate surface area is 124 Å². The zero-order chi connectivity index (χ0) is 15.1. The van der Waals surface area contributed by atoms with Gasteiger partial charge in [-0.25, -0.2) is 4.39 Å². The van der Waals surface area contributed by atoms with E-state index in [1.54, 1.807) is 12.1 Å². The number of carbonyl (C=O) groups is 1. The lowest BCUT2D eigenvalue weighted by Gasteiger charge is -2.26. The van der Waals surface area contributed by atoms with Crippen molar-refractivity contribution in [2.75, 3.05) is 19.2 Å². The molecule has 1 amide bonds. The minimum absolute atomic E-state index is 0.125. The van der Waals surface area contributed by atoms with Crippen LogP contribution in [-0.2, 0) is 9.53 Å². The van der Waals surface area contributed by atoms with Crippen LogP contribution in [0.4, 0.5) is 4.39 Å². The van der Waals surface area contributed by atoms with Gasteiger partial charge >= 0.3 is 0 Å². The van der Waals surface area contributed by atoms with Crippen molar-refractivity contribution in [2.45, 2.75) is 20.8 Å². The second-order valence-corrected chi connectivity index (χ2v) is 4.70. The maximum Gasteiger partial charge on any atom is 0.243 e. The average molecular weight is 300 g/mol. The van der Waals surface area contributed by atoms with Crippen molar-refractivity contribution in [3.05, 3.63) is 41.2 Å². The third-order valence-corrected chi connectivity index (χ3v) is 2.93. The fourth-order valence-electron chi connectivity index (χ4n) is 1.84. The third kappa shape index (κ3) is 4.32. The van der Waals surface area contributed by atoms with Crippen molar-refractivity contribution < 1.29 is 13.9 Å². The molecule has 1 aromatic carbocycles. The Morgan fingerprint density at radius 2 is 1.90 bits per heavy atom. The fourth-order valence-corrected chi connectivity index (χ4v) is 1.98. The first-order chi connectivity index (χ1) is 9.51. The van der Waals surface area contributed by atoms with Gasteiger partial charge in [-0.15, -0.1) is 11.6 Å². The Hall–Kier alpha value is -1.39. The topological polar surface area (TPSA) is 29.5 Å². The van der Waals surface area contributed by atoms with Gasteiger partial charge in [-0.3, -0.25) is 9.69 Å². The van der Waals surface area contributed by atoms with Crippen molar-refractivity contribution in [2.24, 2.45) is 0 Å². The van der Waals surface area contributed by atoms with Crippen LogP contribution in [0.3, 0.4) is 0 Å². The molecule has 0 saturated carbocycles. The first kappa shape index (κ1) is 16.7. The van der Waals surface area contributed by atoms with Crippen LogP contribution in [0.25, 0.3) is 5.70 Å². The first-order valence-corrected chi connectivity index (χ1v) is 6.92. The van der Waals surface area contributed by atoms with Gasteiger partial charge in [0, 0.05) is 6.61 Å². The summed E-state index contributed by atoms with van der Waals surface area (Å²) in [6.45, 7) is 6.24. The SMILES string of the molecule is CCOCN(C(=O)CCl)C(=C(C)C)c1ccc(F)cc1. The van der Waals surface area contributed by atoms with E-state index in [0.717, 1.165) is 11.1 Å². The number of ether oxygens (including phenoxy) is 1. The van der Waals surface area contributed by atoms with Gasteiger partial charge in [0.1, 0.15) is 18.4 Å². The Balaban J connectivity index is 3.18. The lowest BCUT2D eigenvalue weighted by molar-refractivity contribution is -0.129. The van der Waals surface area contributed by atoms with E-state index in [4.69, 9.17) is 16.3 Å². The number of rotatable bonds is 6. The Morgan fingerprint density at radius 1 is 1.30 bits per heavy atom. The molecule has 1 aromatic rings. The number of benzene rings is 1. The summed E-state index contributed by atoms with van der Waals surface area (Å²) in [6.07, 6.45) is 0. The van der Waals surface area contributed by atoms with E-state index < -0.39 is 0 Å². The maximum atomic E-state index is 13.0. The summed E-state index contributed by atoms with van der Waals surface area (Å²) >= 11 is 5.66. The number of allylic oxidation sites excluding steroid dienone is 1. The van der Waals surface area contributed by atoms with Crippen molar-refractivity contribution in [1.29, 1.82) is 0 Å². The van der Waals surface area contributed by atoms with Gasteiger partial charge < -0.3 is 4.74 Å². The largest absolute Gasteiger partial charge is 0.361 e. The third-order valence-electron chi connectivity index (χ3n) is 2.70. The lowest BCUT2D eigenvalue weighted by Crippen LogP contribution is -2.33. The van der Waals surface area contributed by atoms with Crippen molar-refractivity contribution in [1.82, 2.24) is 4.90 Å². The summed E-state index contributed by atoms with van der Waals surface area (Å²) in [5.74, 6) is -0.701. The zero-order valence-electron chi connectivity index (χ0n) is 12.0. The molecule has 0 aromatic heterocycles. The molecule has 0 heterocycles. The summed E-state index contributed by atoms with van der Waals surface area (Å²) in [7, 11) is 0. The van der Waals surface area contributed by atoms with Crippen LogP contribution in [0.1, 0.15) is 26.3 Å². The zero-order valence-corrected chi connectivity index (χ0v) is 12.7. The van der Waals surface area contributed by atoms with E-state index in [2.05, 4.69) is 0 Å². The molecule has 0 bridgehead atoms. The van der Waals surface area contributed by atoms with Gasteiger partial charge in [0.05, 0.1) is 5.70 Å². The molecule has 0 fully saturated rings. The highest BCUT2D eigenvalue weighted by Crippen LogP contribution is 2.24. The van der Waals surface area contributed by atoms with Crippen LogP contribution in [0, 0.1) is 5.82 Å². The molecule has 3 nitrogen and oxygen atoms in total. The van der Waals surface area contributed by atoms with Gasteiger partial charge in [-0.1, -0.05) is 5.57 Å². The van der Waals surface area contributed by atoms with Crippen molar-refractivity contribution in [3.63, 3.8) is 0 Å². The Kier molecular flexibility index (Phi) is 6.68. The number of nitrogens with zero attached hydrogens (tertiary/aromatic N) is 1. The van der Waals surface area contributed by atoms with Gasteiger partial charge in [0.25, 0.3) is 0 Å². The van der Waals surface area contributed by atoms with Gasteiger partial charge in [0.2, 0.25) is 5.91 Å². The molecule has 0 atom stereocenters. The molecule has 0 aliphatic rings. The van der Waals surface area contributed by atoms with E-state index in [1.807, 2.05) is 20.8 Å². The molecule has 110 valence electrons. The van der Waals surface area contributed by atoms with E-state index in [-0.39, 0.29) is 24.3 Å². The first-order valence-electron chi connectivity index (χ1n) is 6.38. The second-order valence-electron chi connectivity index (χ2n) is 4.43. The number of hydrogen-bond donors (Lipinski definition) is 0. The van der Waals surface area contributed by atoms with Crippen LogP contribution < -0.4 is 0 Å². The monoisotopic (exact) mass is 299 g/mol. The fraction of sp³-hybridized carbons (Fsp3) is 0.400. The molecule has 20 heavy (non-hydrogen) atoms. The molecule has 0 radical (unpaired) electrons. The minimum atomic E-state index is -0.318. The molecule has 0 aliphatic carbocycles. The van der Waals surface area contributed by atoms with Crippen LogP contribution in [0.5, 0.6) is 0 Å². The van der Waals surface area contributed by atoms with Crippen LogP contribution in [0.2, 0.25) is 0 Å². The molecule has 5 heteroatoms. The smallest absolute Gasteiger partial charge is 0.243 e. The molecule has 0 unspecified atom stereocenters. The summed E-state index contributed by atoms with van der Waals surface area (Å²) < 4.78 is 18.4. The number of alkyl halides is 1. The van der Waals surface area contributed by atoms with E-state index in [1.165, 1.54) is 17.0 Å². The second kappa shape index (κ2) is 8.02. The highest BCUT2D eigenvalue weighted by atomic mass is 35.5. The van der Waals surface area contributed by atoms with Gasteiger partial charge in [0.15, 0.2) is 0 Å². The quantitative estimate of drug-likeness (QED) is 0.593. The van der Waals surface area contributed by atoms with Gasteiger partial charge in [-0.2, -0.15) is 0 Å². The van der Waals surface area contributed by atoms with Gasteiger partial charge in [-0.05, 0) is 50.6 Å². The lowest BCUT2D eigenvalue weighted by atomic mass is 10.1. The average Bonchev–Trinajstić information content (AvgIpc) is 2.43. The standard InChI is InChI=1S/C15H19ClFNO2/c1-4-20-10-18(14(19)9-16)15(11(2)3)12-5-7-13(17)8-6-12/h5-8H,4,9-10H2,1-3H3. The molecule has 0 N–H and O–H groups in total.